The first-order valence-corrected chi connectivity index (χ1v) is 6.42. The van der Waals surface area contributed by atoms with Gasteiger partial charge in [0, 0.05) is 6.54 Å². The zero-order chi connectivity index (χ0) is 11.8. The third-order valence-corrected chi connectivity index (χ3v) is 3.23. The van der Waals surface area contributed by atoms with Crippen molar-refractivity contribution < 1.29 is 9.53 Å². The van der Waals surface area contributed by atoms with Crippen molar-refractivity contribution in [3.05, 3.63) is 0 Å². The summed E-state index contributed by atoms with van der Waals surface area (Å²) in [6.07, 6.45) is 4.80. The lowest BCUT2D eigenvalue weighted by Crippen LogP contribution is -2.41. The molecule has 0 aromatic rings. The number of hydrogen-bond acceptors (Lipinski definition) is 3. The van der Waals surface area contributed by atoms with Gasteiger partial charge in [0.1, 0.15) is 11.6 Å². The minimum Gasteiger partial charge on any atom is -0.459 e. The third kappa shape index (κ3) is 3.21. The van der Waals surface area contributed by atoms with Crippen molar-refractivity contribution in [3.63, 3.8) is 0 Å². The highest BCUT2D eigenvalue weighted by Crippen LogP contribution is 2.32. The van der Waals surface area contributed by atoms with Crippen LogP contribution in [0.15, 0.2) is 0 Å². The predicted octanol–water partition coefficient (Wildman–Crippen LogP) is 2.20. The molecule has 0 radical (unpaired) electrons. The average Bonchev–Trinajstić information content (AvgIpc) is 2.78. The van der Waals surface area contributed by atoms with Crippen LogP contribution in [-0.4, -0.2) is 35.6 Å². The SMILES string of the molecule is CC(C)(C)OC(=O)[C@@H]1CCCN1CC1CC1. The number of rotatable bonds is 3. The van der Waals surface area contributed by atoms with Crippen molar-refractivity contribution in [2.24, 2.45) is 5.92 Å². The molecule has 3 heteroatoms. The fourth-order valence-corrected chi connectivity index (χ4v) is 2.31. The van der Waals surface area contributed by atoms with E-state index in [4.69, 9.17) is 4.74 Å². The van der Waals surface area contributed by atoms with E-state index in [1.165, 1.54) is 12.8 Å². The summed E-state index contributed by atoms with van der Waals surface area (Å²) in [6, 6.07) is 0.0276. The number of esters is 1. The molecule has 2 fully saturated rings. The summed E-state index contributed by atoms with van der Waals surface area (Å²) in [5, 5.41) is 0. The third-order valence-electron chi connectivity index (χ3n) is 3.23. The van der Waals surface area contributed by atoms with Gasteiger partial charge in [0.25, 0.3) is 0 Å². The van der Waals surface area contributed by atoms with Gasteiger partial charge in [-0.3, -0.25) is 9.69 Å². The Hall–Kier alpha value is -0.570. The number of likely N-dealkylation sites (tertiary alicyclic amines) is 1. The highest BCUT2D eigenvalue weighted by molar-refractivity contribution is 5.76. The van der Waals surface area contributed by atoms with Crippen LogP contribution in [0.25, 0.3) is 0 Å². The molecule has 0 aromatic heterocycles. The summed E-state index contributed by atoms with van der Waals surface area (Å²) >= 11 is 0. The van der Waals surface area contributed by atoms with Crippen LogP contribution in [0.3, 0.4) is 0 Å². The molecule has 0 bridgehead atoms. The molecule has 92 valence electrons. The second-order valence-corrected chi connectivity index (χ2v) is 6.13. The molecule has 0 unspecified atom stereocenters. The number of nitrogens with zero attached hydrogens (tertiary/aromatic N) is 1. The van der Waals surface area contributed by atoms with Crippen LogP contribution in [0.2, 0.25) is 0 Å². The van der Waals surface area contributed by atoms with Gasteiger partial charge in [0.15, 0.2) is 0 Å². The van der Waals surface area contributed by atoms with Gasteiger partial charge in [0.05, 0.1) is 0 Å². The first-order valence-electron chi connectivity index (χ1n) is 6.42. The Morgan fingerprint density at radius 3 is 2.56 bits per heavy atom. The minimum absolute atomic E-state index is 0.0225. The lowest BCUT2D eigenvalue weighted by atomic mass is 10.1. The summed E-state index contributed by atoms with van der Waals surface area (Å²) in [4.78, 5) is 14.3. The maximum atomic E-state index is 12.0. The van der Waals surface area contributed by atoms with Crippen LogP contribution < -0.4 is 0 Å². The molecule has 1 aliphatic heterocycles. The Morgan fingerprint density at radius 2 is 2.00 bits per heavy atom. The number of hydrogen-bond donors (Lipinski definition) is 0. The molecular weight excluding hydrogens is 202 g/mol. The summed E-state index contributed by atoms with van der Waals surface area (Å²) in [5.74, 6) is 0.827. The van der Waals surface area contributed by atoms with Gasteiger partial charge >= 0.3 is 5.97 Å². The summed E-state index contributed by atoms with van der Waals surface area (Å²) in [6.45, 7) is 7.98. The van der Waals surface area contributed by atoms with Crippen LogP contribution >= 0.6 is 0 Å². The number of carbonyl (C=O) groups is 1. The Kier molecular flexibility index (Phi) is 3.24. The van der Waals surface area contributed by atoms with Crippen molar-refractivity contribution >= 4 is 5.97 Å². The minimum atomic E-state index is -0.356. The van der Waals surface area contributed by atoms with E-state index in [0.717, 1.165) is 31.8 Å². The molecule has 3 nitrogen and oxygen atoms in total. The quantitative estimate of drug-likeness (QED) is 0.690. The second-order valence-electron chi connectivity index (χ2n) is 6.13. The summed E-state index contributed by atoms with van der Waals surface area (Å²) in [7, 11) is 0. The van der Waals surface area contributed by atoms with Gasteiger partial charge in [-0.05, 0) is 58.9 Å². The summed E-state index contributed by atoms with van der Waals surface area (Å²) < 4.78 is 5.47. The fraction of sp³-hybridized carbons (Fsp3) is 0.923. The van der Waals surface area contributed by atoms with Gasteiger partial charge < -0.3 is 4.74 Å². The molecule has 0 aromatic carbocycles. The second kappa shape index (κ2) is 4.36. The zero-order valence-corrected chi connectivity index (χ0v) is 10.7. The van der Waals surface area contributed by atoms with Crippen LogP contribution in [0.1, 0.15) is 46.5 Å². The Bertz CT molecular complexity index is 266. The zero-order valence-electron chi connectivity index (χ0n) is 10.7. The van der Waals surface area contributed by atoms with Crippen molar-refractivity contribution in [3.8, 4) is 0 Å². The maximum absolute atomic E-state index is 12.0. The molecule has 1 saturated heterocycles. The van der Waals surface area contributed by atoms with E-state index in [-0.39, 0.29) is 17.6 Å². The normalized spacial score (nSPS) is 27.1. The predicted molar refractivity (Wildman–Crippen MR) is 63.2 cm³/mol. The Balaban J connectivity index is 1.88. The van der Waals surface area contributed by atoms with E-state index in [9.17, 15) is 4.79 Å². The van der Waals surface area contributed by atoms with Gasteiger partial charge in [-0.2, -0.15) is 0 Å². The monoisotopic (exact) mass is 225 g/mol. The first-order chi connectivity index (χ1) is 7.46. The highest BCUT2D eigenvalue weighted by atomic mass is 16.6. The first kappa shape index (κ1) is 11.9. The lowest BCUT2D eigenvalue weighted by Gasteiger charge is -2.27. The Morgan fingerprint density at radius 1 is 1.31 bits per heavy atom. The van der Waals surface area contributed by atoms with E-state index in [2.05, 4.69) is 4.90 Å². The smallest absolute Gasteiger partial charge is 0.323 e. The van der Waals surface area contributed by atoms with E-state index in [0.29, 0.717) is 0 Å². The molecule has 0 amide bonds. The van der Waals surface area contributed by atoms with Crippen molar-refractivity contribution in [1.29, 1.82) is 0 Å². The number of ether oxygens (including phenoxy) is 1. The molecular formula is C13H23NO2. The van der Waals surface area contributed by atoms with Crippen LogP contribution in [0.4, 0.5) is 0 Å². The van der Waals surface area contributed by atoms with Crippen molar-refractivity contribution in [1.82, 2.24) is 4.90 Å². The van der Waals surface area contributed by atoms with E-state index < -0.39 is 0 Å². The molecule has 1 saturated carbocycles. The molecule has 1 aliphatic carbocycles. The van der Waals surface area contributed by atoms with Gasteiger partial charge in [-0.15, -0.1) is 0 Å². The van der Waals surface area contributed by atoms with Gasteiger partial charge in [-0.25, -0.2) is 0 Å². The number of carbonyl (C=O) groups excluding carboxylic acids is 1. The van der Waals surface area contributed by atoms with Gasteiger partial charge in [0.2, 0.25) is 0 Å². The molecule has 1 heterocycles. The topological polar surface area (TPSA) is 29.5 Å². The lowest BCUT2D eigenvalue weighted by molar-refractivity contribution is -0.160. The van der Waals surface area contributed by atoms with Crippen LogP contribution in [-0.2, 0) is 9.53 Å². The Labute approximate surface area is 98.1 Å². The maximum Gasteiger partial charge on any atom is 0.323 e. The molecule has 1 atom stereocenters. The standard InChI is InChI=1S/C13H23NO2/c1-13(2,3)16-12(15)11-5-4-8-14(11)9-10-6-7-10/h10-11H,4-9H2,1-3H3/t11-/m0/s1. The van der Waals surface area contributed by atoms with Crippen LogP contribution in [0, 0.1) is 5.92 Å². The van der Waals surface area contributed by atoms with Crippen LogP contribution in [0.5, 0.6) is 0 Å². The van der Waals surface area contributed by atoms with Crippen molar-refractivity contribution in [2.75, 3.05) is 13.1 Å². The molecule has 2 rings (SSSR count). The highest BCUT2D eigenvalue weighted by Gasteiger charge is 2.36. The van der Waals surface area contributed by atoms with E-state index in [1.807, 2.05) is 20.8 Å². The van der Waals surface area contributed by atoms with E-state index in [1.54, 1.807) is 0 Å². The fourth-order valence-electron chi connectivity index (χ4n) is 2.31. The molecule has 16 heavy (non-hydrogen) atoms. The molecule has 0 N–H and O–H groups in total. The van der Waals surface area contributed by atoms with E-state index >= 15 is 0 Å². The molecule has 0 spiro atoms. The van der Waals surface area contributed by atoms with Gasteiger partial charge in [-0.1, -0.05) is 0 Å². The largest absolute Gasteiger partial charge is 0.459 e. The summed E-state index contributed by atoms with van der Waals surface area (Å²) in [5.41, 5.74) is -0.356. The van der Waals surface area contributed by atoms with Crippen molar-refractivity contribution in [2.45, 2.75) is 58.1 Å². The molecule has 2 aliphatic rings. The average molecular weight is 225 g/mol.